The van der Waals surface area contributed by atoms with Crippen LogP contribution in [-0.2, 0) is 9.53 Å². The smallest absolute Gasteiger partial charge is 0.248 e. The second-order valence-corrected chi connectivity index (χ2v) is 4.23. The van der Waals surface area contributed by atoms with Gasteiger partial charge in [-0.15, -0.1) is 0 Å². The van der Waals surface area contributed by atoms with E-state index in [1.54, 1.807) is 0 Å². The number of ether oxygens (including phenoxy) is 1. The minimum Gasteiger partial charge on any atom is -0.368 e. The molecule has 1 fully saturated rings. The SMILES string of the molecule is CCCN(CC)C(=O)COC1CCNCC1. The number of hydrogen-bond donors (Lipinski definition) is 1. The summed E-state index contributed by atoms with van der Waals surface area (Å²) in [4.78, 5) is 13.7. The molecule has 0 radical (unpaired) electrons. The third-order valence-electron chi connectivity index (χ3n) is 2.96. The zero-order valence-corrected chi connectivity index (χ0v) is 10.5. The topological polar surface area (TPSA) is 41.6 Å². The maximum Gasteiger partial charge on any atom is 0.248 e. The summed E-state index contributed by atoms with van der Waals surface area (Å²) < 4.78 is 5.64. The molecular formula is C12H24N2O2. The number of rotatable bonds is 6. The van der Waals surface area contributed by atoms with E-state index in [0.29, 0.717) is 0 Å². The van der Waals surface area contributed by atoms with Crippen LogP contribution in [0.5, 0.6) is 0 Å². The van der Waals surface area contributed by atoms with E-state index in [4.69, 9.17) is 4.74 Å². The van der Waals surface area contributed by atoms with Crippen LogP contribution in [0.15, 0.2) is 0 Å². The second-order valence-electron chi connectivity index (χ2n) is 4.23. The third-order valence-corrected chi connectivity index (χ3v) is 2.96. The fraction of sp³-hybridized carbons (Fsp3) is 0.917. The zero-order valence-electron chi connectivity index (χ0n) is 10.5. The van der Waals surface area contributed by atoms with Crippen molar-refractivity contribution in [2.45, 2.75) is 39.2 Å². The molecule has 1 aliphatic rings. The van der Waals surface area contributed by atoms with Gasteiger partial charge in [-0.05, 0) is 39.3 Å². The van der Waals surface area contributed by atoms with Gasteiger partial charge in [-0.1, -0.05) is 6.92 Å². The van der Waals surface area contributed by atoms with Crippen LogP contribution in [0, 0.1) is 0 Å². The Labute approximate surface area is 98.3 Å². The van der Waals surface area contributed by atoms with Crippen LogP contribution in [0.1, 0.15) is 33.1 Å². The average molecular weight is 228 g/mol. The lowest BCUT2D eigenvalue weighted by Gasteiger charge is -2.25. The van der Waals surface area contributed by atoms with Crippen LogP contribution in [0.4, 0.5) is 0 Å². The molecule has 1 heterocycles. The summed E-state index contributed by atoms with van der Waals surface area (Å²) in [6.45, 7) is 7.98. The molecule has 16 heavy (non-hydrogen) atoms. The van der Waals surface area contributed by atoms with Crippen molar-refractivity contribution in [3.05, 3.63) is 0 Å². The molecule has 1 saturated heterocycles. The molecule has 0 spiro atoms. The predicted octanol–water partition coefficient (Wildman–Crippen LogP) is 1.01. The van der Waals surface area contributed by atoms with Gasteiger partial charge < -0.3 is 15.0 Å². The van der Waals surface area contributed by atoms with Crippen LogP contribution in [-0.4, -0.2) is 49.7 Å². The maximum absolute atomic E-state index is 11.8. The molecule has 1 aliphatic heterocycles. The summed E-state index contributed by atoms with van der Waals surface area (Å²) in [5.74, 6) is 0.128. The molecular weight excluding hydrogens is 204 g/mol. The van der Waals surface area contributed by atoms with Crippen LogP contribution >= 0.6 is 0 Å². The van der Waals surface area contributed by atoms with Gasteiger partial charge in [0.05, 0.1) is 6.10 Å². The Kier molecular flexibility index (Phi) is 6.42. The van der Waals surface area contributed by atoms with Crippen LogP contribution in [0.2, 0.25) is 0 Å². The van der Waals surface area contributed by atoms with Crippen molar-refractivity contribution >= 4 is 5.91 Å². The van der Waals surface area contributed by atoms with Crippen molar-refractivity contribution in [2.24, 2.45) is 0 Å². The summed E-state index contributed by atoms with van der Waals surface area (Å²) >= 11 is 0. The quantitative estimate of drug-likeness (QED) is 0.738. The monoisotopic (exact) mass is 228 g/mol. The van der Waals surface area contributed by atoms with Gasteiger partial charge in [0.15, 0.2) is 0 Å². The number of hydrogen-bond acceptors (Lipinski definition) is 3. The number of carbonyl (C=O) groups is 1. The number of nitrogens with one attached hydrogen (secondary N) is 1. The molecule has 4 nitrogen and oxygen atoms in total. The summed E-state index contributed by atoms with van der Waals surface area (Å²) in [5.41, 5.74) is 0. The highest BCUT2D eigenvalue weighted by molar-refractivity contribution is 5.77. The van der Waals surface area contributed by atoms with Crippen molar-refractivity contribution in [3.8, 4) is 0 Å². The maximum atomic E-state index is 11.8. The summed E-state index contributed by atoms with van der Waals surface area (Å²) in [6.07, 6.45) is 3.32. The Hall–Kier alpha value is -0.610. The van der Waals surface area contributed by atoms with Crippen molar-refractivity contribution in [3.63, 3.8) is 0 Å². The lowest BCUT2D eigenvalue weighted by atomic mass is 10.1. The van der Waals surface area contributed by atoms with Crippen LogP contribution in [0.25, 0.3) is 0 Å². The highest BCUT2D eigenvalue weighted by atomic mass is 16.5. The first-order valence-electron chi connectivity index (χ1n) is 6.38. The lowest BCUT2D eigenvalue weighted by Crippen LogP contribution is -2.38. The Balaban J connectivity index is 2.21. The van der Waals surface area contributed by atoms with Gasteiger partial charge in [0.2, 0.25) is 5.91 Å². The second kappa shape index (κ2) is 7.63. The third kappa shape index (κ3) is 4.49. The molecule has 4 heteroatoms. The van der Waals surface area contributed by atoms with E-state index >= 15 is 0 Å². The number of nitrogens with zero attached hydrogens (tertiary/aromatic N) is 1. The fourth-order valence-corrected chi connectivity index (χ4v) is 1.97. The highest BCUT2D eigenvalue weighted by Gasteiger charge is 2.16. The van der Waals surface area contributed by atoms with E-state index in [9.17, 15) is 4.79 Å². The van der Waals surface area contributed by atoms with E-state index in [1.165, 1.54) is 0 Å². The number of likely N-dealkylation sites (N-methyl/N-ethyl adjacent to an activating group) is 1. The number of carbonyl (C=O) groups excluding carboxylic acids is 1. The van der Waals surface area contributed by atoms with Crippen molar-refractivity contribution in [2.75, 3.05) is 32.8 Å². The van der Waals surface area contributed by atoms with Gasteiger partial charge in [-0.2, -0.15) is 0 Å². The van der Waals surface area contributed by atoms with E-state index in [2.05, 4.69) is 12.2 Å². The van der Waals surface area contributed by atoms with Gasteiger partial charge in [0.25, 0.3) is 0 Å². The summed E-state index contributed by atoms with van der Waals surface area (Å²) in [6, 6.07) is 0. The molecule has 94 valence electrons. The zero-order chi connectivity index (χ0) is 11.8. The normalized spacial score (nSPS) is 17.4. The van der Waals surface area contributed by atoms with E-state index in [1.807, 2.05) is 11.8 Å². The van der Waals surface area contributed by atoms with Gasteiger partial charge >= 0.3 is 0 Å². The van der Waals surface area contributed by atoms with Crippen molar-refractivity contribution in [1.82, 2.24) is 10.2 Å². The number of amides is 1. The Morgan fingerprint density at radius 3 is 2.62 bits per heavy atom. The van der Waals surface area contributed by atoms with Gasteiger partial charge in [0, 0.05) is 13.1 Å². The Bertz CT molecular complexity index is 203. The average Bonchev–Trinajstić information content (AvgIpc) is 2.34. The Morgan fingerprint density at radius 1 is 1.38 bits per heavy atom. The van der Waals surface area contributed by atoms with Crippen molar-refractivity contribution < 1.29 is 9.53 Å². The lowest BCUT2D eigenvalue weighted by molar-refractivity contribution is -0.138. The van der Waals surface area contributed by atoms with Gasteiger partial charge in [-0.25, -0.2) is 0 Å². The summed E-state index contributed by atoms with van der Waals surface area (Å²) in [5, 5.41) is 3.28. The van der Waals surface area contributed by atoms with Crippen molar-refractivity contribution in [1.29, 1.82) is 0 Å². The van der Waals surface area contributed by atoms with Crippen LogP contribution in [0.3, 0.4) is 0 Å². The largest absolute Gasteiger partial charge is 0.368 e. The first-order valence-corrected chi connectivity index (χ1v) is 6.38. The molecule has 0 aromatic heterocycles. The van der Waals surface area contributed by atoms with Crippen LogP contribution < -0.4 is 5.32 Å². The molecule has 1 rings (SSSR count). The first-order chi connectivity index (χ1) is 7.77. The van der Waals surface area contributed by atoms with E-state index in [0.717, 1.165) is 45.4 Å². The minimum absolute atomic E-state index is 0.128. The fourth-order valence-electron chi connectivity index (χ4n) is 1.97. The van der Waals surface area contributed by atoms with E-state index in [-0.39, 0.29) is 18.6 Å². The van der Waals surface area contributed by atoms with E-state index < -0.39 is 0 Å². The minimum atomic E-state index is 0.128. The molecule has 0 aromatic carbocycles. The van der Waals surface area contributed by atoms with Gasteiger partial charge in [0.1, 0.15) is 6.61 Å². The molecule has 0 atom stereocenters. The first kappa shape index (κ1) is 13.5. The van der Waals surface area contributed by atoms with Gasteiger partial charge in [-0.3, -0.25) is 4.79 Å². The molecule has 0 unspecified atom stereocenters. The molecule has 0 aromatic rings. The molecule has 0 aliphatic carbocycles. The number of piperidine rings is 1. The standard InChI is InChI=1S/C12H24N2O2/c1-3-9-14(4-2)12(15)10-16-11-5-7-13-8-6-11/h11,13H,3-10H2,1-2H3. The Morgan fingerprint density at radius 2 is 2.06 bits per heavy atom. The highest BCUT2D eigenvalue weighted by Crippen LogP contribution is 2.07. The molecule has 1 N–H and O–H groups in total. The molecule has 1 amide bonds. The molecule has 0 bridgehead atoms. The summed E-state index contributed by atoms with van der Waals surface area (Å²) in [7, 11) is 0. The predicted molar refractivity (Wildman–Crippen MR) is 64.4 cm³/mol. The molecule has 0 saturated carbocycles.